The quantitative estimate of drug-likeness (QED) is 0.840. The van der Waals surface area contributed by atoms with E-state index >= 15 is 0 Å². The van der Waals surface area contributed by atoms with Gasteiger partial charge in [-0.1, -0.05) is 0 Å². The normalized spacial score (nSPS) is 17.6. The number of nitrogens with one attached hydrogen (secondary N) is 2. The first-order chi connectivity index (χ1) is 9.54. The summed E-state index contributed by atoms with van der Waals surface area (Å²) < 4.78 is 4.92. The van der Waals surface area contributed by atoms with E-state index in [9.17, 15) is 9.59 Å². The fourth-order valence-electron chi connectivity index (χ4n) is 2.54. The van der Waals surface area contributed by atoms with Gasteiger partial charge < -0.3 is 14.7 Å². The van der Waals surface area contributed by atoms with E-state index in [4.69, 9.17) is 4.52 Å². The van der Waals surface area contributed by atoms with E-state index in [-0.39, 0.29) is 17.5 Å². The van der Waals surface area contributed by atoms with Gasteiger partial charge in [0.15, 0.2) is 0 Å². The molecule has 20 heavy (non-hydrogen) atoms. The van der Waals surface area contributed by atoms with Crippen LogP contribution in [0.3, 0.4) is 0 Å². The van der Waals surface area contributed by atoms with Crippen molar-refractivity contribution in [2.75, 3.05) is 13.1 Å². The van der Waals surface area contributed by atoms with E-state index in [1.807, 2.05) is 0 Å². The molecule has 6 nitrogen and oxygen atoms in total. The molecule has 1 aliphatic heterocycles. The highest BCUT2D eigenvalue weighted by Crippen LogP contribution is 2.13. The summed E-state index contributed by atoms with van der Waals surface area (Å²) >= 11 is 0. The van der Waals surface area contributed by atoms with E-state index in [0.717, 1.165) is 25.9 Å². The van der Waals surface area contributed by atoms with E-state index < -0.39 is 0 Å². The van der Waals surface area contributed by atoms with Gasteiger partial charge in [0.05, 0.1) is 0 Å². The Labute approximate surface area is 118 Å². The van der Waals surface area contributed by atoms with Crippen molar-refractivity contribution < 1.29 is 9.32 Å². The molecule has 1 fully saturated rings. The number of aromatic nitrogens is 1. The minimum Gasteiger partial charge on any atom is -0.384 e. The molecule has 0 radical (unpaired) electrons. The fraction of sp³-hybridized carbons (Fsp3) is 0.714. The number of aryl methyl sites for hydroxylation is 1. The minimum atomic E-state index is -0.263. The number of aromatic amines is 1. The molecular formula is C14H23N3O3. The van der Waals surface area contributed by atoms with Crippen molar-refractivity contribution in [2.24, 2.45) is 0 Å². The predicted molar refractivity (Wildman–Crippen MR) is 75.5 cm³/mol. The maximum atomic E-state index is 11.9. The molecule has 0 spiro atoms. The van der Waals surface area contributed by atoms with E-state index in [1.54, 1.807) is 0 Å². The van der Waals surface area contributed by atoms with Crippen molar-refractivity contribution in [3.8, 4) is 0 Å². The van der Waals surface area contributed by atoms with E-state index in [1.165, 1.54) is 6.07 Å². The second kappa shape index (κ2) is 6.74. The molecule has 1 aliphatic rings. The standard InChI is InChI=1S/C14H23N3O3/c1-10(2)17-7-5-11(6-8-17)15-13(18)4-3-12-9-14(19)16-20-12/h9-11H,3-8H2,1-2H3,(H,15,18)(H,16,19). The summed E-state index contributed by atoms with van der Waals surface area (Å²) in [5, 5.41) is 5.28. The first-order valence-electron chi connectivity index (χ1n) is 7.25. The lowest BCUT2D eigenvalue weighted by Gasteiger charge is -2.34. The van der Waals surface area contributed by atoms with Crippen LogP contribution < -0.4 is 10.9 Å². The summed E-state index contributed by atoms with van der Waals surface area (Å²) in [6, 6.07) is 2.23. The molecule has 0 atom stereocenters. The third kappa shape index (κ3) is 4.23. The first-order valence-corrected chi connectivity index (χ1v) is 7.25. The van der Waals surface area contributed by atoms with Crippen molar-refractivity contribution in [3.05, 3.63) is 22.2 Å². The summed E-state index contributed by atoms with van der Waals surface area (Å²) in [6.45, 7) is 6.47. The number of rotatable bonds is 5. The summed E-state index contributed by atoms with van der Waals surface area (Å²) in [4.78, 5) is 25.2. The van der Waals surface area contributed by atoms with E-state index in [2.05, 4.69) is 29.2 Å². The van der Waals surface area contributed by atoms with E-state index in [0.29, 0.717) is 24.6 Å². The lowest BCUT2D eigenvalue weighted by atomic mass is 10.0. The number of hydrogen-bond acceptors (Lipinski definition) is 4. The zero-order chi connectivity index (χ0) is 14.5. The maximum absolute atomic E-state index is 11.9. The summed E-state index contributed by atoms with van der Waals surface area (Å²) in [5.41, 5.74) is -0.263. The van der Waals surface area contributed by atoms with Gasteiger partial charge in [0, 0.05) is 44.1 Å². The van der Waals surface area contributed by atoms with Gasteiger partial charge in [-0.2, -0.15) is 5.16 Å². The summed E-state index contributed by atoms with van der Waals surface area (Å²) in [7, 11) is 0. The number of carbonyl (C=O) groups is 1. The van der Waals surface area contributed by atoms with Gasteiger partial charge in [-0.15, -0.1) is 0 Å². The molecule has 0 bridgehead atoms. The van der Waals surface area contributed by atoms with Crippen molar-refractivity contribution in [1.82, 2.24) is 15.4 Å². The highest BCUT2D eigenvalue weighted by atomic mass is 16.5. The third-order valence-corrected chi connectivity index (χ3v) is 3.80. The molecule has 1 aromatic heterocycles. The van der Waals surface area contributed by atoms with Crippen molar-refractivity contribution in [3.63, 3.8) is 0 Å². The molecule has 1 aromatic rings. The number of H-pyrrole nitrogens is 1. The molecule has 2 rings (SSSR count). The molecular weight excluding hydrogens is 258 g/mol. The number of likely N-dealkylation sites (tertiary alicyclic amines) is 1. The Hall–Kier alpha value is -1.56. The summed E-state index contributed by atoms with van der Waals surface area (Å²) in [5.74, 6) is 0.552. The van der Waals surface area contributed by atoms with Gasteiger partial charge in [0.25, 0.3) is 5.56 Å². The SMILES string of the molecule is CC(C)N1CCC(NC(=O)CCc2cc(=O)[nH]o2)CC1. The molecule has 0 aromatic carbocycles. The summed E-state index contributed by atoms with van der Waals surface area (Å²) in [6.07, 6.45) is 2.81. The molecule has 1 saturated heterocycles. The number of amides is 1. The van der Waals surface area contributed by atoms with Crippen LogP contribution in [-0.2, 0) is 11.2 Å². The molecule has 1 amide bonds. The van der Waals surface area contributed by atoms with Crippen LogP contribution in [0.25, 0.3) is 0 Å². The maximum Gasteiger partial charge on any atom is 0.280 e. The third-order valence-electron chi connectivity index (χ3n) is 3.80. The van der Waals surface area contributed by atoms with Crippen LogP contribution in [0.1, 0.15) is 38.9 Å². The Bertz CT molecular complexity index is 484. The van der Waals surface area contributed by atoms with Gasteiger partial charge in [0.1, 0.15) is 5.76 Å². The predicted octanol–water partition coefficient (Wildman–Crippen LogP) is 0.889. The smallest absolute Gasteiger partial charge is 0.280 e. The molecule has 2 heterocycles. The van der Waals surface area contributed by atoms with Gasteiger partial charge >= 0.3 is 0 Å². The number of nitrogens with zero attached hydrogens (tertiary/aromatic N) is 1. The lowest BCUT2D eigenvalue weighted by molar-refractivity contribution is -0.122. The number of hydrogen-bond donors (Lipinski definition) is 2. The van der Waals surface area contributed by atoms with Gasteiger partial charge in [-0.05, 0) is 26.7 Å². The molecule has 0 aliphatic carbocycles. The fourth-order valence-corrected chi connectivity index (χ4v) is 2.54. The second-order valence-corrected chi connectivity index (χ2v) is 5.65. The van der Waals surface area contributed by atoms with Crippen molar-refractivity contribution in [1.29, 1.82) is 0 Å². The molecule has 112 valence electrons. The molecule has 0 saturated carbocycles. The second-order valence-electron chi connectivity index (χ2n) is 5.65. The topological polar surface area (TPSA) is 78.3 Å². The van der Waals surface area contributed by atoms with Crippen LogP contribution in [-0.4, -0.2) is 41.1 Å². The Morgan fingerprint density at radius 1 is 1.50 bits per heavy atom. The number of piperidine rings is 1. The van der Waals surface area contributed by atoms with Crippen LogP contribution in [0.4, 0.5) is 0 Å². The number of carbonyl (C=O) groups excluding carboxylic acids is 1. The van der Waals surface area contributed by atoms with Crippen LogP contribution in [0.2, 0.25) is 0 Å². The van der Waals surface area contributed by atoms with Gasteiger partial charge in [0.2, 0.25) is 5.91 Å². The Balaban J connectivity index is 1.69. The molecule has 2 N–H and O–H groups in total. The zero-order valence-corrected chi connectivity index (χ0v) is 12.1. The van der Waals surface area contributed by atoms with Crippen molar-refractivity contribution >= 4 is 5.91 Å². The monoisotopic (exact) mass is 281 g/mol. The zero-order valence-electron chi connectivity index (χ0n) is 12.1. The van der Waals surface area contributed by atoms with Crippen LogP contribution in [0.5, 0.6) is 0 Å². The average Bonchev–Trinajstić information content (AvgIpc) is 2.83. The van der Waals surface area contributed by atoms with Crippen LogP contribution in [0, 0.1) is 0 Å². The highest BCUT2D eigenvalue weighted by Gasteiger charge is 2.21. The molecule has 6 heteroatoms. The molecule has 0 unspecified atom stereocenters. The average molecular weight is 281 g/mol. The Morgan fingerprint density at radius 2 is 2.20 bits per heavy atom. The van der Waals surface area contributed by atoms with Crippen LogP contribution in [0.15, 0.2) is 15.4 Å². The van der Waals surface area contributed by atoms with Gasteiger partial charge in [-0.3, -0.25) is 9.59 Å². The minimum absolute atomic E-state index is 0.0249. The van der Waals surface area contributed by atoms with Gasteiger partial charge in [-0.25, -0.2) is 0 Å². The largest absolute Gasteiger partial charge is 0.384 e. The Kier molecular flexibility index (Phi) is 5.00. The first kappa shape index (κ1) is 14.8. The van der Waals surface area contributed by atoms with Crippen LogP contribution >= 0.6 is 0 Å². The Morgan fingerprint density at radius 3 is 2.75 bits per heavy atom. The lowest BCUT2D eigenvalue weighted by Crippen LogP contribution is -2.46. The highest BCUT2D eigenvalue weighted by molar-refractivity contribution is 5.76. The van der Waals surface area contributed by atoms with Crippen molar-refractivity contribution in [2.45, 2.75) is 51.6 Å².